The lowest BCUT2D eigenvalue weighted by Gasteiger charge is -2.34. The van der Waals surface area contributed by atoms with Gasteiger partial charge in [0.25, 0.3) is 0 Å². The first-order valence-electron chi connectivity index (χ1n) is 11.0. The van der Waals surface area contributed by atoms with Crippen molar-refractivity contribution in [1.82, 2.24) is 25.3 Å². The number of guanidine groups is 1. The quantitative estimate of drug-likeness (QED) is 0.525. The van der Waals surface area contributed by atoms with Crippen molar-refractivity contribution in [3.05, 3.63) is 35.4 Å². The average Bonchev–Trinajstić information content (AvgIpc) is 3.25. The van der Waals surface area contributed by atoms with E-state index < -0.39 is 0 Å². The maximum atomic E-state index is 4.36. The number of piperazine rings is 1. The van der Waals surface area contributed by atoms with E-state index in [2.05, 4.69) is 61.5 Å². The Morgan fingerprint density at radius 3 is 2.14 bits per heavy atom. The van der Waals surface area contributed by atoms with Crippen LogP contribution in [0.5, 0.6) is 0 Å². The second-order valence-electron chi connectivity index (χ2n) is 7.93. The molecule has 2 aliphatic heterocycles. The summed E-state index contributed by atoms with van der Waals surface area (Å²) in [7, 11) is 1.84. The van der Waals surface area contributed by atoms with Crippen LogP contribution in [0, 0.1) is 0 Å². The van der Waals surface area contributed by atoms with Crippen LogP contribution in [0.25, 0.3) is 0 Å². The summed E-state index contributed by atoms with van der Waals surface area (Å²) < 4.78 is 0. The largest absolute Gasteiger partial charge is 0.355 e. The molecule has 156 valence electrons. The molecule has 2 aliphatic rings. The van der Waals surface area contributed by atoms with E-state index in [0.717, 1.165) is 32.1 Å². The fraction of sp³-hybridized carbons (Fsp3) is 0.682. The molecule has 2 heterocycles. The lowest BCUT2D eigenvalue weighted by molar-refractivity contribution is 0.139. The molecule has 0 aliphatic carbocycles. The number of nitrogens with one attached hydrogen (secondary N) is 2. The Morgan fingerprint density at radius 2 is 1.50 bits per heavy atom. The Kier molecular flexibility index (Phi) is 8.58. The van der Waals surface area contributed by atoms with Gasteiger partial charge in [-0.15, -0.1) is 0 Å². The number of nitrogens with zero attached hydrogens (tertiary/aromatic N) is 4. The molecule has 0 saturated carbocycles. The number of hydrogen-bond acceptors (Lipinski definition) is 4. The summed E-state index contributed by atoms with van der Waals surface area (Å²) in [6.07, 6.45) is 2.70. The third-order valence-electron chi connectivity index (χ3n) is 5.94. The van der Waals surface area contributed by atoms with Crippen molar-refractivity contribution < 1.29 is 0 Å². The van der Waals surface area contributed by atoms with Gasteiger partial charge in [-0.2, -0.15) is 0 Å². The van der Waals surface area contributed by atoms with E-state index in [4.69, 9.17) is 0 Å². The van der Waals surface area contributed by atoms with Crippen molar-refractivity contribution in [1.29, 1.82) is 0 Å². The predicted molar refractivity (Wildman–Crippen MR) is 118 cm³/mol. The van der Waals surface area contributed by atoms with Gasteiger partial charge in [-0.25, -0.2) is 0 Å². The highest BCUT2D eigenvalue weighted by molar-refractivity contribution is 5.79. The van der Waals surface area contributed by atoms with Crippen molar-refractivity contribution in [3.8, 4) is 0 Å². The Labute approximate surface area is 171 Å². The van der Waals surface area contributed by atoms with Gasteiger partial charge < -0.3 is 15.5 Å². The number of likely N-dealkylation sites (tertiary alicyclic amines) is 1. The molecule has 2 fully saturated rings. The first-order valence-corrected chi connectivity index (χ1v) is 11.0. The SMILES string of the molecule is CCN1CCN(CCNC(=NC)NCc2ccc(CN3CCCC3)cc2)CC1. The van der Waals surface area contributed by atoms with Crippen LogP contribution in [0.3, 0.4) is 0 Å². The number of likely N-dealkylation sites (N-methyl/N-ethyl adjacent to an activating group) is 1. The maximum absolute atomic E-state index is 4.36. The van der Waals surface area contributed by atoms with Crippen molar-refractivity contribution in [2.24, 2.45) is 4.99 Å². The summed E-state index contributed by atoms with van der Waals surface area (Å²) in [6.45, 7) is 14.5. The number of aliphatic imine (C=N–C) groups is 1. The van der Waals surface area contributed by atoms with Gasteiger partial charge in [-0.05, 0) is 43.6 Å². The predicted octanol–water partition coefficient (Wildman–Crippen LogP) is 1.58. The molecule has 28 heavy (non-hydrogen) atoms. The van der Waals surface area contributed by atoms with Crippen molar-refractivity contribution in [2.45, 2.75) is 32.9 Å². The molecule has 0 unspecified atom stereocenters. The van der Waals surface area contributed by atoms with Gasteiger partial charge in [0.2, 0.25) is 0 Å². The monoisotopic (exact) mass is 386 g/mol. The molecule has 1 aromatic rings. The van der Waals surface area contributed by atoms with Crippen LogP contribution in [0.4, 0.5) is 0 Å². The molecule has 6 nitrogen and oxygen atoms in total. The molecule has 0 spiro atoms. The summed E-state index contributed by atoms with van der Waals surface area (Å²) in [5.41, 5.74) is 2.71. The Bertz CT molecular complexity index is 586. The van der Waals surface area contributed by atoms with Gasteiger partial charge >= 0.3 is 0 Å². The van der Waals surface area contributed by atoms with Crippen molar-refractivity contribution >= 4 is 5.96 Å². The molecule has 0 bridgehead atoms. The molecular weight excluding hydrogens is 348 g/mol. The van der Waals surface area contributed by atoms with Gasteiger partial charge in [-0.1, -0.05) is 31.2 Å². The molecule has 0 atom stereocenters. The summed E-state index contributed by atoms with van der Waals surface area (Å²) in [5.74, 6) is 0.883. The van der Waals surface area contributed by atoms with Crippen LogP contribution in [-0.2, 0) is 13.1 Å². The van der Waals surface area contributed by atoms with Crippen molar-refractivity contribution in [3.63, 3.8) is 0 Å². The highest BCUT2D eigenvalue weighted by Gasteiger charge is 2.15. The lowest BCUT2D eigenvalue weighted by atomic mass is 10.1. The normalized spacial score (nSPS) is 19.9. The number of hydrogen-bond donors (Lipinski definition) is 2. The van der Waals surface area contributed by atoms with Gasteiger partial charge in [-0.3, -0.25) is 14.8 Å². The molecule has 0 radical (unpaired) electrons. The third kappa shape index (κ3) is 6.76. The van der Waals surface area contributed by atoms with Crippen LogP contribution >= 0.6 is 0 Å². The van der Waals surface area contributed by atoms with Crippen LogP contribution in [0.15, 0.2) is 29.3 Å². The molecule has 3 rings (SSSR count). The van der Waals surface area contributed by atoms with E-state index in [1.807, 2.05) is 7.05 Å². The summed E-state index contributed by atoms with van der Waals surface area (Å²) in [5, 5.41) is 6.88. The van der Waals surface area contributed by atoms with E-state index in [1.165, 1.54) is 69.8 Å². The molecule has 2 N–H and O–H groups in total. The summed E-state index contributed by atoms with van der Waals surface area (Å²) in [4.78, 5) is 11.9. The zero-order valence-corrected chi connectivity index (χ0v) is 17.8. The van der Waals surface area contributed by atoms with Gasteiger partial charge in [0, 0.05) is 59.4 Å². The van der Waals surface area contributed by atoms with Gasteiger partial charge in [0.15, 0.2) is 5.96 Å². The zero-order chi connectivity index (χ0) is 19.6. The minimum Gasteiger partial charge on any atom is -0.355 e. The van der Waals surface area contributed by atoms with Crippen LogP contribution in [-0.4, -0.2) is 86.6 Å². The van der Waals surface area contributed by atoms with E-state index in [0.29, 0.717) is 0 Å². The van der Waals surface area contributed by atoms with Crippen LogP contribution < -0.4 is 10.6 Å². The molecule has 0 aromatic heterocycles. The fourth-order valence-corrected chi connectivity index (χ4v) is 4.03. The highest BCUT2D eigenvalue weighted by atomic mass is 15.3. The molecule has 0 amide bonds. The third-order valence-corrected chi connectivity index (χ3v) is 5.94. The zero-order valence-electron chi connectivity index (χ0n) is 17.8. The van der Waals surface area contributed by atoms with E-state index in [-0.39, 0.29) is 0 Å². The molecule has 1 aromatic carbocycles. The average molecular weight is 387 g/mol. The van der Waals surface area contributed by atoms with E-state index in [1.54, 1.807) is 0 Å². The van der Waals surface area contributed by atoms with Crippen molar-refractivity contribution in [2.75, 3.05) is 66.0 Å². The first-order chi connectivity index (χ1) is 13.8. The van der Waals surface area contributed by atoms with Crippen LogP contribution in [0.1, 0.15) is 30.9 Å². The van der Waals surface area contributed by atoms with E-state index >= 15 is 0 Å². The topological polar surface area (TPSA) is 46.1 Å². The minimum absolute atomic E-state index is 0.804. The minimum atomic E-state index is 0.804. The first kappa shape index (κ1) is 21.1. The fourth-order valence-electron chi connectivity index (χ4n) is 4.03. The highest BCUT2D eigenvalue weighted by Crippen LogP contribution is 2.13. The second-order valence-corrected chi connectivity index (χ2v) is 7.93. The summed E-state index contributed by atoms with van der Waals surface area (Å²) >= 11 is 0. The maximum Gasteiger partial charge on any atom is 0.191 e. The Balaban J connectivity index is 1.33. The second kappa shape index (κ2) is 11.4. The van der Waals surface area contributed by atoms with E-state index in [9.17, 15) is 0 Å². The van der Waals surface area contributed by atoms with Gasteiger partial charge in [0.1, 0.15) is 0 Å². The summed E-state index contributed by atoms with van der Waals surface area (Å²) in [6, 6.07) is 9.00. The standard InChI is InChI=1S/C22H38N6/c1-3-26-14-16-27(17-15-26)13-10-24-22(23-2)25-18-20-6-8-21(9-7-20)19-28-11-4-5-12-28/h6-9H,3-5,10-19H2,1-2H3,(H2,23,24,25). The Hall–Kier alpha value is -1.63. The van der Waals surface area contributed by atoms with Crippen LogP contribution in [0.2, 0.25) is 0 Å². The molecule has 2 saturated heterocycles. The molecule has 6 heteroatoms. The number of rotatable bonds is 8. The number of benzene rings is 1. The smallest absolute Gasteiger partial charge is 0.191 e. The molecular formula is C22H38N6. The Morgan fingerprint density at radius 1 is 0.857 bits per heavy atom. The van der Waals surface area contributed by atoms with Gasteiger partial charge in [0.05, 0.1) is 0 Å². The lowest BCUT2D eigenvalue weighted by Crippen LogP contribution is -2.49.